The first-order valence-corrected chi connectivity index (χ1v) is 12.9. The molecule has 5 aromatic rings. The van der Waals surface area contributed by atoms with Gasteiger partial charge in [0.25, 0.3) is 0 Å². The van der Waals surface area contributed by atoms with Crippen molar-refractivity contribution in [1.29, 1.82) is 0 Å². The molecule has 1 fully saturated rings. The molecule has 1 N–H and O–H groups in total. The third kappa shape index (κ3) is 5.39. The maximum atomic E-state index is 15.2. The van der Waals surface area contributed by atoms with Crippen molar-refractivity contribution < 1.29 is 23.4 Å². The van der Waals surface area contributed by atoms with Crippen LogP contribution in [0.3, 0.4) is 0 Å². The summed E-state index contributed by atoms with van der Waals surface area (Å²) in [6, 6.07) is 11.2. The van der Waals surface area contributed by atoms with Gasteiger partial charge in [-0.05, 0) is 31.2 Å². The number of fused-ring (bicyclic) bond motifs is 1. The van der Waals surface area contributed by atoms with Gasteiger partial charge < -0.3 is 24.4 Å². The Balaban J connectivity index is 1.19. The Morgan fingerprint density at radius 2 is 1.98 bits per heavy atom. The van der Waals surface area contributed by atoms with Crippen LogP contribution in [0.4, 0.5) is 15.9 Å². The van der Waals surface area contributed by atoms with E-state index in [0.29, 0.717) is 53.0 Å². The standard InChI is InChI=1S/C29H25FN8O4/c1-4-28(39)37-14-19(15-37)41-25-12-20-23(13-24(25)40-3)32-16-33-29(20)35-22-6-5-18(11-21(22)30)42-27-8-10-38(36-27)26-7-9-31-17(2)34-26/h4-13,16,19H,1,14-15H2,2-3H3,(H,32,33,35). The first-order valence-electron chi connectivity index (χ1n) is 12.9. The lowest BCUT2D eigenvalue weighted by Gasteiger charge is -2.38. The molecule has 0 radical (unpaired) electrons. The molecular formula is C29H25FN8O4. The van der Waals surface area contributed by atoms with E-state index in [2.05, 4.69) is 36.9 Å². The fourth-order valence-corrected chi connectivity index (χ4v) is 4.39. The maximum Gasteiger partial charge on any atom is 0.246 e. The van der Waals surface area contributed by atoms with Crippen molar-refractivity contribution in [3.05, 3.63) is 85.5 Å². The van der Waals surface area contributed by atoms with E-state index in [4.69, 9.17) is 14.2 Å². The Labute approximate surface area is 239 Å². The highest BCUT2D eigenvalue weighted by Gasteiger charge is 2.31. The lowest BCUT2D eigenvalue weighted by atomic mass is 10.1. The minimum atomic E-state index is -0.559. The average Bonchev–Trinajstić information content (AvgIpc) is 3.44. The number of nitrogens with one attached hydrogen (secondary N) is 1. The van der Waals surface area contributed by atoms with Gasteiger partial charge in [-0.25, -0.2) is 29.0 Å². The summed E-state index contributed by atoms with van der Waals surface area (Å²) in [6.07, 6.45) is 5.78. The third-order valence-corrected chi connectivity index (χ3v) is 6.53. The summed E-state index contributed by atoms with van der Waals surface area (Å²) in [7, 11) is 1.53. The number of carbonyl (C=O) groups excluding carboxylic acids is 1. The predicted molar refractivity (Wildman–Crippen MR) is 151 cm³/mol. The minimum Gasteiger partial charge on any atom is -0.493 e. The second-order valence-corrected chi connectivity index (χ2v) is 9.36. The second kappa shape index (κ2) is 11.1. The van der Waals surface area contributed by atoms with Gasteiger partial charge in [0.2, 0.25) is 11.8 Å². The van der Waals surface area contributed by atoms with Gasteiger partial charge in [-0.2, -0.15) is 0 Å². The van der Waals surface area contributed by atoms with Crippen molar-refractivity contribution in [3.63, 3.8) is 0 Å². The number of aryl methyl sites for hydroxylation is 1. The van der Waals surface area contributed by atoms with Crippen LogP contribution >= 0.6 is 0 Å². The van der Waals surface area contributed by atoms with Gasteiger partial charge in [0.1, 0.15) is 35.6 Å². The average molecular weight is 569 g/mol. The highest BCUT2D eigenvalue weighted by Crippen LogP contribution is 2.36. The highest BCUT2D eigenvalue weighted by molar-refractivity contribution is 5.93. The van der Waals surface area contributed by atoms with Gasteiger partial charge in [-0.15, -0.1) is 5.10 Å². The number of nitrogens with zero attached hydrogens (tertiary/aromatic N) is 7. The number of hydrogen-bond donors (Lipinski definition) is 1. The quantitative estimate of drug-likeness (QED) is 0.256. The fourth-order valence-electron chi connectivity index (χ4n) is 4.39. The van der Waals surface area contributed by atoms with E-state index in [1.54, 1.807) is 65.3 Å². The summed E-state index contributed by atoms with van der Waals surface area (Å²) in [5, 5.41) is 7.98. The molecule has 12 nitrogen and oxygen atoms in total. The maximum absolute atomic E-state index is 15.2. The Hall–Kier alpha value is -5.59. The van der Waals surface area contributed by atoms with E-state index < -0.39 is 5.82 Å². The topological polar surface area (TPSA) is 129 Å². The first-order chi connectivity index (χ1) is 20.4. The number of benzene rings is 2. The Kier molecular flexibility index (Phi) is 7.05. The van der Waals surface area contributed by atoms with Gasteiger partial charge in [0.05, 0.1) is 31.4 Å². The van der Waals surface area contributed by atoms with Crippen LogP contribution in [0.25, 0.3) is 16.7 Å². The van der Waals surface area contributed by atoms with E-state index in [0.717, 1.165) is 0 Å². The van der Waals surface area contributed by atoms with Crippen LogP contribution in [-0.4, -0.2) is 66.8 Å². The normalized spacial score (nSPS) is 13.0. The number of ether oxygens (including phenoxy) is 3. The summed E-state index contributed by atoms with van der Waals surface area (Å²) >= 11 is 0. The Bertz CT molecular complexity index is 1800. The lowest BCUT2D eigenvalue weighted by molar-refractivity contribution is -0.134. The van der Waals surface area contributed by atoms with Gasteiger partial charge in [0, 0.05) is 42.0 Å². The van der Waals surface area contributed by atoms with E-state index >= 15 is 4.39 Å². The third-order valence-electron chi connectivity index (χ3n) is 6.53. The Morgan fingerprint density at radius 3 is 2.74 bits per heavy atom. The molecular weight excluding hydrogens is 543 g/mol. The number of amides is 1. The van der Waals surface area contributed by atoms with Crippen LogP contribution in [0.5, 0.6) is 23.1 Å². The van der Waals surface area contributed by atoms with Crippen molar-refractivity contribution in [2.45, 2.75) is 13.0 Å². The summed E-state index contributed by atoms with van der Waals surface area (Å²) < 4.78 is 34.1. The molecule has 0 saturated carbocycles. The van der Waals surface area contributed by atoms with E-state index in [9.17, 15) is 4.79 Å². The smallest absolute Gasteiger partial charge is 0.246 e. The molecule has 1 aliphatic heterocycles. The summed E-state index contributed by atoms with van der Waals surface area (Å²) in [4.78, 5) is 30.4. The lowest BCUT2D eigenvalue weighted by Crippen LogP contribution is -2.55. The molecule has 1 saturated heterocycles. The molecule has 42 heavy (non-hydrogen) atoms. The largest absolute Gasteiger partial charge is 0.493 e. The molecule has 1 amide bonds. The zero-order valence-electron chi connectivity index (χ0n) is 22.7. The molecule has 13 heteroatoms. The SMILES string of the molecule is C=CC(=O)N1CC(Oc2cc3c(Nc4ccc(Oc5ccn(-c6ccnc(C)n6)n5)cc4F)ncnc3cc2OC)C1. The molecule has 212 valence electrons. The van der Waals surface area contributed by atoms with Crippen LogP contribution in [0, 0.1) is 12.7 Å². The van der Waals surface area contributed by atoms with E-state index in [-0.39, 0.29) is 29.3 Å². The molecule has 4 heterocycles. The summed E-state index contributed by atoms with van der Waals surface area (Å²) in [5.41, 5.74) is 0.754. The summed E-state index contributed by atoms with van der Waals surface area (Å²) in [6.45, 7) is 6.16. The van der Waals surface area contributed by atoms with Crippen molar-refractivity contribution in [2.24, 2.45) is 0 Å². The first kappa shape index (κ1) is 26.6. The number of likely N-dealkylation sites (tertiary alicyclic amines) is 1. The monoisotopic (exact) mass is 568 g/mol. The van der Waals surface area contributed by atoms with Gasteiger partial charge in [0.15, 0.2) is 17.3 Å². The number of carbonyl (C=O) groups is 1. The minimum absolute atomic E-state index is 0.148. The molecule has 0 aliphatic carbocycles. The number of halogens is 1. The van der Waals surface area contributed by atoms with Crippen LogP contribution < -0.4 is 19.5 Å². The molecule has 3 aromatic heterocycles. The van der Waals surface area contributed by atoms with Gasteiger partial charge >= 0.3 is 0 Å². The predicted octanol–water partition coefficient (Wildman–Crippen LogP) is 4.37. The van der Waals surface area contributed by atoms with Crippen LogP contribution in [0.2, 0.25) is 0 Å². The molecule has 1 aliphatic rings. The highest BCUT2D eigenvalue weighted by atomic mass is 19.1. The van der Waals surface area contributed by atoms with Gasteiger partial charge in [-0.3, -0.25) is 4.79 Å². The van der Waals surface area contributed by atoms with Crippen LogP contribution in [0.1, 0.15) is 5.82 Å². The van der Waals surface area contributed by atoms with E-state index in [1.165, 1.54) is 25.6 Å². The zero-order chi connectivity index (χ0) is 29.2. The van der Waals surface area contributed by atoms with Crippen molar-refractivity contribution in [3.8, 4) is 28.9 Å². The van der Waals surface area contributed by atoms with E-state index in [1.807, 2.05) is 0 Å². The number of aromatic nitrogens is 6. The molecule has 0 bridgehead atoms. The second-order valence-electron chi connectivity index (χ2n) is 9.36. The number of anilines is 2. The molecule has 2 aromatic carbocycles. The zero-order valence-corrected chi connectivity index (χ0v) is 22.7. The molecule has 0 unspecified atom stereocenters. The number of hydrogen-bond acceptors (Lipinski definition) is 10. The Morgan fingerprint density at radius 1 is 1.12 bits per heavy atom. The van der Waals surface area contributed by atoms with Crippen molar-refractivity contribution in [2.75, 3.05) is 25.5 Å². The molecule has 0 spiro atoms. The molecule has 0 atom stereocenters. The van der Waals surface area contributed by atoms with Gasteiger partial charge in [-0.1, -0.05) is 6.58 Å². The number of methoxy groups -OCH3 is 1. The van der Waals surface area contributed by atoms with Crippen molar-refractivity contribution in [1.82, 2.24) is 34.6 Å². The number of rotatable bonds is 9. The van der Waals surface area contributed by atoms with Crippen LogP contribution in [-0.2, 0) is 4.79 Å². The summed E-state index contributed by atoms with van der Waals surface area (Å²) in [5.74, 6) is 2.34. The van der Waals surface area contributed by atoms with Crippen molar-refractivity contribution >= 4 is 28.3 Å². The fraction of sp³-hybridized carbons (Fsp3) is 0.172. The van der Waals surface area contributed by atoms with Crippen LogP contribution in [0.15, 0.2) is 73.8 Å². The molecule has 6 rings (SSSR count).